The molecule has 196 valence electrons. The molecule has 1 aromatic rings. The smallest absolute Gasteiger partial charge is 0.356 e. The molecule has 4 heteroatoms. The van der Waals surface area contributed by atoms with E-state index in [0.717, 1.165) is 24.2 Å². The SMILES string of the molecule is CCCCCCCCCCCCCOC(=O)C[S+](Cc1ccc(O)c(C(C)(C)C)c1)C(C)(C)C. The van der Waals surface area contributed by atoms with Crippen molar-refractivity contribution >= 4 is 16.9 Å². The lowest BCUT2D eigenvalue weighted by atomic mass is 9.85. The lowest BCUT2D eigenvalue weighted by molar-refractivity contribution is -0.140. The van der Waals surface area contributed by atoms with E-state index in [0.29, 0.717) is 18.1 Å². The van der Waals surface area contributed by atoms with Crippen LogP contribution in [0, 0.1) is 0 Å². The number of benzene rings is 1. The van der Waals surface area contributed by atoms with Crippen LogP contribution in [0.1, 0.15) is 130 Å². The average Bonchev–Trinajstić information content (AvgIpc) is 2.74. The molecule has 0 spiro atoms. The summed E-state index contributed by atoms with van der Waals surface area (Å²) in [4.78, 5) is 12.6. The standard InChI is InChI=1S/C30H52O3S/c1-8-9-10-11-12-13-14-15-16-17-18-21-33-28(32)24-34(30(5,6)7)23-25-19-20-27(31)26(22-25)29(2,3)4/h19-20,22H,8-18,21,23-24H2,1-7H3/p+1. The second kappa shape index (κ2) is 15.8. The van der Waals surface area contributed by atoms with Crippen LogP contribution in [0.15, 0.2) is 18.2 Å². The van der Waals surface area contributed by atoms with Crippen molar-refractivity contribution in [2.45, 2.75) is 135 Å². The van der Waals surface area contributed by atoms with Gasteiger partial charge in [-0.2, -0.15) is 0 Å². The summed E-state index contributed by atoms with van der Waals surface area (Å²) < 4.78 is 5.64. The zero-order chi connectivity index (χ0) is 25.6. The molecular formula is C30H53O3S+. The van der Waals surface area contributed by atoms with E-state index in [1.807, 2.05) is 6.07 Å². The predicted octanol–water partition coefficient (Wildman–Crippen LogP) is 8.46. The van der Waals surface area contributed by atoms with Crippen molar-refractivity contribution in [2.75, 3.05) is 12.4 Å². The summed E-state index contributed by atoms with van der Waals surface area (Å²) in [6, 6.07) is 5.90. The summed E-state index contributed by atoms with van der Waals surface area (Å²) in [5, 5.41) is 10.3. The molecule has 0 radical (unpaired) electrons. The number of unbranched alkanes of at least 4 members (excludes halogenated alkanes) is 10. The van der Waals surface area contributed by atoms with Gasteiger partial charge in [-0.3, -0.25) is 0 Å². The Morgan fingerprint density at radius 2 is 1.38 bits per heavy atom. The minimum absolute atomic E-state index is 0.0232. The zero-order valence-electron chi connectivity index (χ0n) is 23.3. The van der Waals surface area contributed by atoms with Crippen LogP contribution in [0.3, 0.4) is 0 Å². The molecule has 0 aliphatic heterocycles. The van der Waals surface area contributed by atoms with Crippen LogP contribution in [0.4, 0.5) is 0 Å². The molecule has 0 aromatic heterocycles. The Bertz CT molecular complexity index is 700. The van der Waals surface area contributed by atoms with E-state index in [4.69, 9.17) is 4.74 Å². The maximum Gasteiger partial charge on any atom is 0.356 e. The van der Waals surface area contributed by atoms with Gasteiger partial charge in [0.25, 0.3) is 0 Å². The summed E-state index contributed by atoms with van der Waals surface area (Å²) >= 11 is 0. The summed E-state index contributed by atoms with van der Waals surface area (Å²) in [6.45, 7) is 15.8. The maximum absolute atomic E-state index is 12.6. The molecule has 0 fully saturated rings. The first-order valence-corrected chi connectivity index (χ1v) is 15.2. The number of phenols is 1. The molecule has 0 aliphatic carbocycles. The zero-order valence-corrected chi connectivity index (χ0v) is 24.1. The summed E-state index contributed by atoms with van der Waals surface area (Å²) in [7, 11) is -0.137. The maximum atomic E-state index is 12.6. The number of esters is 1. The summed E-state index contributed by atoms with van der Waals surface area (Å²) in [6.07, 6.45) is 14.2. The van der Waals surface area contributed by atoms with E-state index in [1.165, 1.54) is 63.4 Å². The third-order valence-corrected chi connectivity index (χ3v) is 9.38. The summed E-state index contributed by atoms with van der Waals surface area (Å²) in [5.41, 5.74) is 2.02. The lowest BCUT2D eigenvalue weighted by Gasteiger charge is -2.24. The Labute approximate surface area is 213 Å². The van der Waals surface area contributed by atoms with Crippen molar-refractivity contribution in [1.82, 2.24) is 0 Å². The average molecular weight is 494 g/mol. The Kier molecular flexibility index (Phi) is 14.3. The normalized spacial score (nSPS) is 13.1. The molecule has 1 aromatic carbocycles. The first-order valence-electron chi connectivity index (χ1n) is 13.6. The number of hydrogen-bond donors (Lipinski definition) is 1. The van der Waals surface area contributed by atoms with Gasteiger partial charge in [0, 0.05) is 16.5 Å². The van der Waals surface area contributed by atoms with Crippen LogP contribution in [-0.4, -0.2) is 28.2 Å². The highest BCUT2D eigenvalue weighted by molar-refractivity contribution is 7.98. The number of carbonyl (C=O) groups is 1. The number of aromatic hydroxyl groups is 1. The lowest BCUT2D eigenvalue weighted by Crippen LogP contribution is -2.36. The molecule has 1 N–H and O–H groups in total. The van der Waals surface area contributed by atoms with Crippen molar-refractivity contribution < 1.29 is 14.6 Å². The largest absolute Gasteiger partial charge is 0.508 e. The highest BCUT2D eigenvalue weighted by Gasteiger charge is 2.37. The van der Waals surface area contributed by atoms with Gasteiger partial charge >= 0.3 is 5.97 Å². The fourth-order valence-corrected chi connectivity index (χ4v) is 6.01. The quantitative estimate of drug-likeness (QED) is 0.143. The van der Waals surface area contributed by atoms with Crippen molar-refractivity contribution in [1.29, 1.82) is 0 Å². The van der Waals surface area contributed by atoms with Crippen molar-refractivity contribution in [3.05, 3.63) is 29.3 Å². The minimum atomic E-state index is -0.137. The van der Waals surface area contributed by atoms with Crippen LogP contribution in [0.2, 0.25) is 0 Å². The monoisotopic (exact) mass is 493 g/mol. The molecule has 1 rings (SSSR count). The third-order valence-electron chi connectivity index (χ3n) is 6.38. The van der Waals surface area contributed by atoms with Crippen molar-refractivity contribution in [3.63, 3.8) is 0 Å². The number of ether oxygens (including phenoxy) is 1. The molecule has 0 saturated heterocycles. The van der Waals surface area contributed by atoms with Gasteiger partial charge in [0.1, 0.15) is 16.2 Å². The molecule has 1 unspecified atom stereocenters. The van der Waals surface area contributed by atoms with Crippen LogP contribution in [0.5, 0.6) is 5.75 Å². The van der Waals surface area contributed by atoms with Crippen molar-refractivity contribution in [3.8, 4) is 5.75 Å². The number of carbonyl (C=O) groups excluding carboxylic acids is 1. The minimum Gasteiger partial charge on any atom is -0.508 e. The molecule has 0 bridgehead atoms. The molecule has 34 heavy (non-hydrogen) atoms. The first kappa shape index (κ1) is 30.9. The van der Waals surface area contributed by atoms with Gasteiger partial charge in [-0.05, 0) is 50.3 Å². The van der Waals surface area contributed by atoms with E-state index in [1.54, 1.807) is 6.07 Å². The van der Waals surface area contributed by atoms with Gasteiger partial charge < -0.3 is 9.84 Å². The van der Waals surface area contributed by atoms with Crippen LogP contribution >= 0.6 is 0 Å². The van der Waals surface area contributed by atoms with Crippen LogP contribution in [-0.2, 0) is 31.6 Å². The Hall–Kier alpha value is -1.16. The number of phenolic OH excluding ortho intramolecular Hbond substituents is 1. The topological polar surface area (TPSA) is 46.5 Å². The van der Waals surface area contributed by atoms with Gasteiger partial charge in [0.2, 0.25) is 5.75 Å². The van der Waals surface area contributed by atoms with Crippen LogP contribution in [0.25, 0.3) is 0 Å². The van der Waals surface area contributed by atoms with Gasteiger partial charge in [-0.15, -0.1) is 0 Å². The highest BCUT2D eigenvalue weighted by atomic mass is 32.2. The molecule has 0 heterocycles. The van der Waals surface area contributed by atoms with E-state index in [2.05, 4.69) is 54.5 Å². The Morgan fingerprint density at radius 3 is 1.88 bits per heavy atom. The second-order valence-corrected chi connectivity index (χ2v) is 14.5. The Morgan fingerprint density at radius 1 is 0.853 bits per heavy atom. The molecular weight excluding hydrogens is 440 g/mol. The molecule has 0 saturated carbocycles. The molecule has 3 nitrogen and oxygen atoms in total. The van der Waals surface area contributed by atoms with E-state index in [-0.39, 0.29) is 27.0 Å². The predicted molar refractivity (Wildman–Crippen MR) is 150 cm³/mol. The molecule has 0 aliphatic rings. The summed E-state index contributed by atoms with van der Waals surface area (Å²) in [5.74, 6) is 1.58. The number of rotatable bonds is 16. The van der Waals surface area contributed by atoms with Crippen LogP contribution < -0.4 is 0 Å². The van der Waals surface area contributed by atoms with Gasteiger partial charge in [0.05, 0.1) is 6.61 Å². The fourth-order valence-electron chi connectivity index (χ4n) is 4.10. The van der Waals surface area contributed by atoms with Crippen molar-refractivity contribution in [2.24, 2.45) is 0 Å². The molecule has 1 atom stereocenters. The van der Waals surface area contributed by atoms with Gasteiger partial charge in [0.15, 0.2) is 0 Å². The highest BCUT2D eigenvalue weighted by Crippen LogP contribution is 2.33. The van der Waals surface area contributed by atoms with Gasteiger partial charge in [-0.25, -0.2) is 4.79 Å². The molecule has 0 amide bonds. The Balaban J connectivity index is 2.37. The van der Waals surface area contributed by atoms with E-state index < -0.39 is 0 Å². The third kappa shape index (κ3) is 13.1. The number of hydrogen-bond acceptors (Lipinski definition) is 3. The second-order valence-electron chi connectivity index (χ2n) is 11.8. The van der Waals surface area contributed by atoms with Gasteiger partial charge in [-0.1, -0.05) is 98.0 Å². The van der Waals surface area contributed by atoms with E-state index in [9.17, 15) is 9.90 Å². The first-order chi connectivity index (χ1) is 15.9. The fraction of sp³-hybridized carbons (Fsp3) is 0.767. The van der Waals surface area contributed by atoms with E-state index >= 15 is 0 Å².